The molecule has 0 aliphatic carbocycles. The summed E-state index contributed by atoms with van der Waals surface area (Å²) in [5.74, 6) is 0.253. The number of sulfonamides is 2. The fourth-order valence-corrected chi connectivity index (χ4v) is 9.04. The largest absolute Gasteiger partial charge is 0.395 e. The number of benzene rings is 2. The molecule has 1 atom stereocenters. The highest BCUT2D eigenvalue weighted by molar-refractivity contribution is 7.90. The minimum Gasteiger partial charge on any atom is -0.395 e. The minimum absolute atomic E-state index is 0.0358. The lowest BCUT2D eigenvalue weighted by Gasteiger charge is -2.28. The van der Waals surface area contributed by atoms with E-state index >= 15 is 0 Å². The standard InChI is InChI=1S/C37H38N10O5S2/c1-23(22-48)46-53(49,50)33-10-6-7-24(34(33)26-12-14-31(41-17-26)28-20-44-36(39)45-21-28)15-37(2,3)47-54(51,52)32-9-5-4-8-29(32)25-11-13-30(40-16-25)27-18-42-35(38)43-19-27/h4-14,16-21,23,46-48H,15,22H2,1-3H3,(H2,38,42,43)(H2,39,44,45)/t23-/m1/s1. The van der Waals surface area contributed by atoms with Crippen LogP contribution in [0, 0.1) is 0 Å². The smallest absolute Gasteiger partial charge is 0.241 e. The van der Waals surface area contributed by atoms with Gasteiger partial charge in [-0.25, -0.2) is 46.2 Å². The van der Waals surface area contributed by atoms with Gasteiger partial charge in [-0.1, -0.05) is 42.5 Å². The Labute approximate surface area is 313 Å². The molecule has 0 amide bonds. The number of nitrogens with two attached hydrogens (primary N) is 2. The van der Waals surface area contributed by atoms with Gasteiger partial charge in [0.25, 0.3) is 0 Å². The molecule has 6 aromatic rings. The molecule has 0 aliphatic heterocycles. The first kappa shape index (κ1) is 38.0. The van der Waals surface area contributed by atoms with Crippen LogP contribution in [-0.4, -0.2) is 70.0 Å². The van der Waals surface area contributed by atoms with Crippen molar-refractivity contribution in [3.8, 4) is 44.8 Å². The molecule has 15 nitrogen and oxygen atoms in total. The molecule has 2 aromatic carbocycles. The maximum atomic E-state index is 14.2. The van der Waals surface area contributed by atoms with E-state index in [2.05, 4.69) is 39.3 Å². The average Bonchev–Trinajstić information content (AvgIpc) is 3.15. The van der Waals surface area contributed by atoms with Gasteiger partial charge in [0.1, 0.15) is 0 Å². The monoisotopic (exact) mass is 766 g/mol. The summed E-state index contributed by atoms with van der Waals surface area (Å²) in [7, 11) is -8.32. The molecule has 4 heterocycles. The number of hydrogen-bond acceptors (Lipinski definition) is 13. The Morgan fingerprint density at radius 1 is 0.648 bits per heavy atom. The highest BCUT2D eigenvalue weighted by atomic mass is 32.2. The van der Waals surface area contributed by atoms with E-state index in [1.54, 1.807) is 94.0 Å². The van der Waals surface area contributed by atoms with Gasteiger partial charge in [0, 0.05) is 82.1 Å². The molecule has 0 fully saturated rings. The van der Waals surface area contributed by atoms with Crippen molar-refractivity contribution >= 4 is 31.9 Å². The second-order valence-corrected chi connectivity index (χ2v) is 16.5. The summed E-state index contributed by atoms with van der Waals surface area (Å²) < 4.78 is 61.2. The molecule has 0 unspecified atom stereocenters. The molecule has 0 radical (unpaired) electrons. The third kappa shape index (κ3) is 8.56. The summed E-state index contributed by atoms with van der Waals surface area (Å²) in [6.45, 7) is 4.57. The van der Waals surface area contributed by atoms with Crippen molar-refractivity contribution in [2.24, 2.45) is 0 Å². The highest BCUT2D eigenvalue weighted by Gasteiger charge is 2.31. The molecule has 0 spiro atoms. The van der Waals surface area contributed by atoms with Gasteiger partial charge in [-0.05, 0) is 57.0 Å². The first-order valence-electron chi connectivity index (χ1n) is 16.6. The van der Waals surface area contributed by atoms with E-state index in [1.807, 2.05) is 0 Å². The van der Waals surface area contributed by atoms with Crippen molar-refractivity contribution in [2.45, 2.75) is 48.6 Å². The van der Waals surface area contributed by atoms with Gasteiger partial charge in [-0.2, -0.15) is 0 Å². The molecule has 0 aliphatic rings. The molecule has 0 saturated heterocycles. The van der Waals surface area contributed by atoms with Crippen molar-refractivity contribution in [1.82, 2.24) is 39.3 Å². The maximum Gasteiger partial charge on any atom is 0.241 e. The van der Waals surface area contributed by atoms with Crippen LogP contribution in [-0.2, 0) is 26.5 Å². The second kappa shape index (κ2) is 15.3. The molecule has 7 N–H and O–H groups in total. The van der Waals surface area contributed by atoms with Crippen LogP contribution in [0.3, 0.4) is 0 Å². The van der Waals surface area contributed by atoms with Gasteiger partial charge in [0.15, 0.2) is 0 Å². The van der Waals surface area contributed by atoms with E-state index in [4.69, 9.17) is 11.5 Å². The Balaban J connectivity index is 1.34. The fourth-order valence-electron chi connectivity index (χ4n) is 5.89. The van der Waals surface area contributed by atoms with E-state index in [-0.39, 0.29) is 28.1 Å². The van der Waals surface area contributed by atoms with Gasteiger partial charge < -0.3 is 16.6 Å². The molecule has 278 valence electrons. The zero-order chi connectivity index (χ0) is 38.7. The van der Waals surface area contributed by atoms with Crippen molar-refractivity contribution in [3.63, 3.8) is 0 Å². The number of aliphatic hydroxyl groups excluding tert-OH is 1. The van der Waals surface area contributed by atoms with Crippen LogP contribution in [0.4, 0.5) is 11.9 Å². The number of hydrogen-bond donors (Lipinski definition) is 5. The van der Waals surface area contributed by atoms with E-state index in [0.29, 0.717) is 50.3 Å². The first-order valence-corrected chi connectivity index (χ1v) is 19.6. The molecule has 4 aromatic heterocycles. The lowest BCUT2D eigenvalue weighted by Crippen LogP contribution is -2.45. The van der Waals surface area contributed by atoms with Gasteiger partial charge in [0.05, 0.1) is 27.8 Å². The number of pyridine rings is 2. The fraction of sp³-hybridized carbons (Fsp3) is 0.189. The summed E-state index contributed by atoms with van der Waals surface area (Å²) >= 11 is 0. The Morgan fingerprint density at radius 2 is 1.17 bits per heavy atom. The van der Waals surface area contributed by atoms with Crippen molar-refractivity contribution < 1.29 is 21.9 Å². The Morgan fingerprint density at radius 3 is 1.70 bits per heavy atom. The zero-order valence-corrected chi connectivity index (χ0v) is 31.2. The summed E-state index contributed by atoms with van der Waals surface area (Å²) in [5, 5.41) is 9.62. The van der Waals surface area contributed by atoms with Crippen molar-refractivity contribution in [2.75, 3.05) is 18.1 Å². The van der Waals surface area contributed by atoms with Crippen LogP contribution < -0.4 is 20.9 Å². The molecular formula is C37H38N10O5S2. The predicted molar refractivity (Wildman–Crippen MR) is 205 cm³/mol. The van der Waals surface area contributed by atoms with Crippen LogP contribution in [0.1, 0.15) is 26.3 Å². The van der Waals surface area contributed by atoms with Crippen LogP contribution in [0.15, 0.2) is 114 Å². The number of nitrogens with zero attached hydrogens (tertiary/aromatic N) is 6. The summed E-state index contributed by atoms with van der Waals surface area (Å²) in [6, 6.07) is 17.6. The van der Waals surface area contributed by atoms with Gasteiger partial charge in [-0.3, -0.25) is 9.97 Å². The van der Waals surface area contributed by atoms with E-state index in [0.717, 1.165) is 0 Å². The van der Waals surface area contributed by atoms with Gasteiger partial charge in [0.2, 0.25) is 31.9 Å². The Hall–Kier alpha value is -5.72. The minimum atomic E-state index is -4.16. The summed E-state index contributed by atoms with van der Waals surface area (Å²) in [4.78, 5) is 25.1. The average molecular weight is 767 g/mol. The number of anilines is 2. The molecule has 0 saturated carbocycles. The number of rotatable bonds is 13. The summed E-state index contributed by atoms with van der Waals surface area (Å²) in [6.07, 6.45) is 9.37. The topological polar surface area (TPSA) is 242 Å². The lowest BCUT2D eigenvalue weighted by molar-refractivity contribution is 0.265. The number of nitrogens with one attached hydrogen (secondary N) is 2. The molecule has 0 bridgehead atoms. The third-order valence-electron chi connectivity index (χ3n) is 8.31. The predicted octanol–water partition coefficient (Wildman–Crippen LogP) is 3.85. The molecular weight excluding hydrogens is 729 g/mol. The molecule has 6 rings (SSSR count). The second-order valence-electron chi connectivity index (χ2n) is 13.2. The summed E-state index contributed by atoms with van der Waals surface area (Å²) in [5.41, 5.74) is 14.8. The first-order chi connectivity index (χ1) is 25.7. The number of nitrogen functional groups attached to an aromatic ring is 2. The van der Waals surface area contributed by atoms with E-state index in [1.165, 1.54) is 30.7 Å². The lowest BCUT2D eigenvalue weighted by atomic mass is 9.90. The number of aliphatic hydroxyl groups is 1. The number of aromatic nitrogens is 6. The van der Waals surface area contributed by atoms with Gasteiger partial charge in [-0.15, -0.1) is 0 Å². The van der Waals surface area contributed by atoms with Gasteiger partial charge >= 0.3 is 0 Å². The third-order valence-corrected chi connectivity index (χ3v) is 11.7. The normalized spacial score (nSPS) is 12.7. The Bertz CT molecular complexity index is 2480. The SMILES string of the molecule is C[C@H](CO)NS(=O)(=O)c1cccc(CC(C)(C)NS(=O)(=O)c2ccccc2-c2ccc(-c3cnc(N)nc3)nc2)c1-c1ccc(-c2cnc(N)nc2)nc1. The van der Waals surface area contributed by atoms with Crippen molar-refractivity contribution in [1.29, 1.82) is 0 Å². The Kier molecular flexibility index (Phi) is 10.8. The van der Waals surface area contributed by atoms with Crippen molar-refractivity contribution in [3.05, 3.63) is 109 Å². The maximum absolute atomic E-state index is 14.2. The quantitative estimate of drug-likeness (QED) is 0.112. The molecule has 17 heteroatoms. The van der Waals surface area contributed by atoms with Crippen LogP contribution in [0.25, 0.3) is 44.8 Å². The van der Waals surface area contributed by atoms with Crippen LogP contribution >= 0.6 is 0 Å². The van der Waals surface area contributed by atoms with E-state index in [9.17, 15) is 21.9 Å². The molecule has 54 heavy (non-hydrogen) atoms. The zero-order valence-electron chi connectivity index (χ0n) is 29.5. The highest BCUT2D eigenvalue weighted by Crippen LogP contribution is 2.35. The van der Waals surface area contributed by atoms with E-state index < -0.39 is 38.2 Å². The van der Waals surface area contributed by atoms with Crippen LogP contribution in [0.5, 0.6) is 0 Å². The van der Waals surface area contributed by atoms with Crippen LogP contribution in [0.2, 0.25) is 0 Å².